The molecule has 8 heteroatoms. The summed E-state index contributed by atoms with van der Waals surface area (Å²) in [5, 5.41) is 29.1. The molecule has 2 atom stereocenters. The SMILES string of the molecule is C/C(=N/NC(=O)C12CC3CC(C1)CC(C(=O)N/N=C(\C)c1cc(C)ccc1O)(C3)C2)c1cc(C)ccc1O. The number of phenolic OH excluding ortho intramolecular Hbond substituents is 2. The number of hydrazone groups is 2. The predicted octanol–water partition coefficient (Wildman–Crippen LogP) is 4.68. The highest BCUT2D eigenvalue weighted by atomic mass is 16.3. The number of hydrogen-bond donors (Lipinski definition) is 4. The quantitative estimate of drug-likeness (QED) is 0.329. The second-order valence-corrected chi connectivity index (χ2v) is 11.8. The number of carbonyl (C=O) groups is 2. The van der Waals surface area contributed by atoms with Crippen molar-refractivity contribution in [3.63, 3.8) is 0 Å². The number of aromatic hydroxyl groups is 2. The van der Waals surface area contributed by atoms with Gasteiger partial charge in [-0.15, -0.1) is 0 Å². The summed E-state index contributed by atoms with van der Waals surface area (Å²) in [6.45, 7) is 7.39. The zero-order valence-electron chi connectivity index (χ0n) is 22.5. The maximum atomic E-state index is 13.6. The smallest absolute Gasteiger partial charge is 0.246 e. The first kappa shape index (κ1) is 25.9. The van der Waals surface area contributed by atoms with E-state index in [1.54, 1.807) is 26.0 Å². The minimum Gasteiger partial charge on any atom is -0.507 e. The molecule has 4 bridgehead atoms. The van der Waals surface area contributed by atoms with Crippen LogP contribution in [0.2, 0.25) is 0 Å². The van der Waals surface area contributed by atoms with E-state index in [-0.39, 0.29) is 23.3 Å². The number of nitrogens with one attached hydrogen (secondary N) is 2. The van der Waals surface area contributed by atoms with Crippen molar-refractivity contribution < 1.29 is 19.8 Å². The van der Waals surface area contributed by atoms with Crippen LogP contribution in [-0.2, 0) is 9.59 Å². The molecule has 0 aromatic heterocycles. The van der Waals surface area contributed by atoms with Gasteiger partial charge in [0.2, 0.25) is 11.8 Å². The molecule has 0 aliphatic heterocycles. The number of aryl methyl sites for hydroxylation is 2. The number of nitrogens with zero attached hydrogens (tertiary/aromatic N) is 2. The maximum absolute atomic E-state index is 13.6. The molecule has 4 N–H and O–H groups in total. The lowest BCUT2D eigenvalue weighted by Gasteiger charge is -2.60. The lowest BCUT2D eigenvalue weighted by molar-refractivity contribution is -0.167. The summed E-state index contributed by atoms with van der Waals surface area (Å²) in [6, 6.07) is 10.6. The van der Waals surface area contributed by atoms with Crippen LogP contribution in [0.25, 0.3) is 0 Å². The van der Waals surface area contributed by atoms with Gasteiger partial charge < -0.3 is 10.2 Å². The zero-order valence-corrected chi connectivity index (χ0v) is 22.5. The average molecular weight is 517 g/mol. The highest BCUT2D eigenvalue weighted by molar-refractivity contribution is 6.02. The van der Waals surface area contributed by atoms with Crippen LogP contribution in [-0.4, -0.2) is 33.5 Å². The molecule has 2 amide bonds. The largest absolute Gasteiger partial charge is 0.507 e. The number of phenols is 2. The molecule has 2 unspecified atom stereocenters. The van der Waals surface area contributed by atoms with E-state index >= 15 is 0 Å². The fourth-order valence-corrected chi connectivity index (χ4v) is 7.30. The van der Waals surface area contributed by atoms with Gasteiger partial charge in [-0.05, 0) is 102 Å². The molecule has 6 rings (SSSR count). The fourth-order valence-electron chi connectivity index (χ4n) is 7.30. The van der Waals surface area contributed by atoms with Crippen molar-refractivity contribution in [3.8, 4) is 11.5 Å². The second kappa shape index (κ2) is 9.57. The molecule has 4 saturated carbocycles. The highest BCUT2D eigenvalue weighted by Crippen LogP contribution is 2.65. The van der Waals surface area contributed by atoms with E-state index in [1.165, 1.54) is 0 Å². The average Bonchev–Trinajstić information content (AvgIpc) is 2.87. The molecule has 0 heterocycles. The van der Waals surface area contributed by atoms with E-state index in [4.69, 9.17) is 0 Å². The maximum Gasteiger partial charge on any atom is 0.246 e. The third-order valence-corrected chi connectivity index (χ3v) is 8.76. The number of carbonyl (C=O) groups excluding carboxylic acids is 2. The van der Waals surface area contributed by atoms with Crippen molar-refractivity contribution in [3.05, 3.63) is 58.7 Å². The second-order valence-electron chi connectivity index (χ2n) is 11.8. The minimum absolute atomic E-state index is 0.117. The van der Waals surface area contributed by atoms with Gasteiger partial charge in [0, 0.05) is 11.1 Å². The number of rotatable bonds is 6. The minimum atomic E-state index is -0.645. The first-order valence-electron chi connectivity index (χ1n) is 13.3. The lowest BCUT2D eigenvalue weighted by Crippen LogP contribution is -2.60. The normalized spacial score (nSPS) is 28.3. The Hall–Kier alpha value is -3.68. The van der Waals surface area contributed by atoms with Gasteiger partial charge in [-0.3, -0.25) is 9.59 Å². The number of amides is 2. The Labute approximate surface area is 223 Å². The molecule has 2 aromatic carbocycles. The summed E-state index contributed by atoms with van der Waals surface area (Å²) >= 11 is 0. The Morgan fingerprint density at radius 2 is 1.16 bits per heavy atom. The molecule has 200 valence electrons. The van der Waals surface area contributed by atoms with Crippen molar-refractivity contribution in [1.29, 1.82) is 0 Å². The molecule has 0 saturated heterocycles. The molecule has 0 radical (unpaired) electrons. The van der Waals surface area contributed by atoms with Gasteiger partial charge in [0.25, 0.3) is 0 Å². The molecular weight excluding hydrogens is 480 g/mol. The Balaban J connectivity index is 1.34. The molecule has 4 aliphatic rings. The monoisotopic (exact) mass is 516 g/mol. The van der Waals surface area contributed by atoms with Gasteiger partial charge in [0.05, 0.1) is 22.3 Å². The van der Waals surface area contributed by atoms with Crippen LogP contribution in [0.3, 0.4) is 0 Å². The first-order chi connectivity index (χ1) is 18.0. The zero-order chi connectivity index (χ0) is 27.2. The molecule has 4 fully saturated rings. The summed E-state index contributed by atoms with van der Waals surface area (Å²) in [5.74, 6) is 0.547. The predicted molar refractivity (Wildman–Crippen MR) is 146 cm³/mol. The lowest BCUT2D eigenvalue weighted by atomic mass is 9.43. The molecule has 0 spiro atoms. The van der Waals surface area contributed by atoms with Crippen LogP contribution in [0.5, 0.6) is 11.5 Å². The Morgan fingerprint density at radius 3 is 1.55 bits per heavy atom. The van der Waals surface area contributed by atoms with Crippen molar-refractivity contribution in [1.82, 2.24) is 10.9 Å². The first-order valence-corrected chi connectivity index (χ1v) is 13.3. The van der Waals surface area contributed by atoms with Crippen LogP contribution < -0.4 is 10.9 Å². The Kier molecular flexibility index (Phi) is 6.53. The summed E-state index contributed by atoms with van der Waals surface area (Å²) in [7, 11) is 0. The Morgan fingerprint density at radius 1 is 0.763 bits per heavy atom. The third kappa shape index (κ3) is 4.68. The summed E-state index contributed by atoms with van der Waals surface area (Å²) in [4.78, 5) is 27.2. The summed E-state index contributed by atoms with van der Waals surface area (Å²) in [6.07, 6.45) is 4.55. The number of benzene rings is 2. The summed E-state index contributed by atoms with van der Waals surface area (Å²) in [5.41, 5.74) is 8.46. The fraction of sp³-hybridized carbons (Fsp3) is 0.467. The summed E-state index contributed by atoms with van der Waals surface area (Å²) < 4.78 is 0. The van der Waals surface area contributed by atoms with Crippen LogP contribution in [0.4, 0.5) is 0 Å². The number of hydrogen-bond acceptors (Lipinski definition) is 6. The van der Waals surface area contributed by atoms with Gasteiger partial charge >= 0.3 is 0 Å². The van der Waals surface area contributed by atoms with Gasteiger partial charge in [-0.1, -0.05) is 23.3 Å². The van der Waals surface area contributed by atoms with E-state index in [1.807, 2.05) is 38.1 Å². The Bertz CT molecular complexity index is 1250. The van der Waals surface area contributed by atoms with E-state index in [2.05, 4.69) is 21.1 Å². The molecule has 8 nitrogen and oxygen atoms in total. The van der Waals surface area contributed by atoms with Crippen molar-refractivity contribution in [2.75, 3.05) is 0 Å². The van der Waals surface area contributed by atoms with E-state index in [0.717, 1.165) is 43.2 Å². The topological polar surface area (TPSA) is 123 Å². The van der Waals surface area contributed by atoms with E-state index < -0.39 is 10.8 Å². The van der Waals surface area contributed by atoms with Crippen LogP contribution in [0.15, 0.2) is 46.6 Å². The molecule has 4 aliphatic carbocycles. The highest BCUT2D eigenvalue weighted by Gasteiger charge is 2.63. The van der Waals surface area contributed by atoms with E-state index in [9.17, 15) is 19.8 Å². The van der Waals surface area contributed by atoms with Gasteiger partial charge in [-0.2, -0.15) is 10.2 Å². The van der Waals surface area contributed by atoms with Crippen molar-refractivity contribution >= 4 is 23.2 Å². The molecule has 38 heavy (non-hydrogen) atoms. The van der Waals surface area contributed by atoms with Gasteiger partial charge in [-0.25, -0.2) is 10.9 Å². The van der Waals surface area contributed by atoms with Crippen molar-refractivity contribution in [2.45, 2.75) is 66.2 Å². The standard InChI is InChI=1S/C30H36N4O4/c1-17-5-7-25(35)23(9-17)19(3)31-33-27(37)29-12-21-11-22(13-29)15-30(14-21,16-29)28(38)34-32-20(4)24-10-18(2)6-8-26(24)36/h5-10,21-22,35-36H,11-16H2,1-4H3,(H,33,37)(H,34,38)/b31-19-,32-20+. The van der Waals surface area contributed by atoms with Crippen LogP contribution >= 0.6 is 0 Å². The van der Waals surface area contributed by atoms with Gasteiger partial charge in [0.1, 0.15) is 11.5 Å². The van der Waals surface area contributed by atoms with E-state index in [0.29, 0.717) is 40.8 Å². The molecular formula is C30H36N4O4. The van der Waals surface area contributed by atoms with Crippen LogP contribution in [0, 0.1) is 36.5 Å². The van der Waals surface area contributed by atoms with Crippen LogP contribution in [0.1, 0.15) is 74.6 Å². The van der Waals surface area contributed by atoms with Gasteiger partial charge in [0.15, 0.2) is 0 Å². The molecule has 2 aromatic rings. The van der Waals surface area contributed by atoms with Crippen molar-refractivity contribution in [2.24, 2.45) is 32.9 Å². The third-order valence-electron chi connectivity index (χ3n) is 8.76.